The summed E-state index contributed by atoms with van der Waals surface area (Å²) in [5.41, 5.74) is 4.03. The summed E-state index contributed by atoms with van der Waals surface area (Å²) in [6, 6.07) is 11.7. The quantitative estimate of drug-likeness (QED) is 0.827. The fourth-order valence-electron chi connectivity index (χ4n) is 3.22. The molecule has 2 heteroatoms. The van der Waals surface area contributed by atoms with Crippen LogP contribution >= 0.6 is 0 Å². The van der Waals surface area contributed by atoms with Crippen molar-refractivity contribution in [1.29, 1.82) is 0 Å². The molecule has 0 aliphatic carbocycles. The number of hydrogen-bond acceptors (Lipinski definition) is 2. The van der Waals surface area contributed by atoms with Crippen molar-refractivity contribution >= 4 is 0 Å². The van der Waals surface area contributed by atoms with Crippen LogP contribution in [-0.4, -0.2) is 10.2 Å². The van der Waals surface area contributed by atoms with E-state index in [9.17, 15) is 10.2 Å². The van der Waals surface area contributed by atoms with Crippen molar-refractivity contribution in [3.05, 3.63) is 58.7 Å². The van der Waals surface area contributed by atoms with Gasteiger partial charge in [0.25, 0.3) is 0 Å². The second-order valence-electron chi connectivity index (χ2n) is 6.93. The second kappa shape index (κ2) is 6.04. The van der Waals surface area contributed by atoms with Crippen LogP contribution in [0.5, 0.6) is 11.5 Å². The molecule has 0 bridgehead atoms. The first kappa shape index (κ1) is 16.4. The zero-order valence-electron chi connectivity index (χ0n) is 14.1. The van der Waals surface area contributed by atoms with Crippen molar-refractivity contribution in [2.45, 2.75) is 46.5 Å². The Morgan fingerprint density at radius 3 is 1.59 bits per heavy atom. The highest BCUT2D eigenvalue weighted by molar-refractivity contribution is 5.47. The molecule has 2 aromatic carbocycles. The minimum Gasteiger partial charge on any atom is -0.508 e. The van der Waals surface area contributed by atoms with Crippen LogP contribution in [0.1, 0.15) is 49.4 Å². The lowest BCUT2D eigenvalue weighted by atomic mass is 9.70. The molecule has 118 valence electrons. The van der Waals surface area contributed by atoms with Gasteiger partial charge < -0.3 is 10.2 Å². The number of benzene rings is 2. The van der Waals surface area contributed by atoms with Crippen molar-refractivity contribution in [1.82, 2.24) is 0 Å². The smallest absolute Gasteiger partial charge is 0.118 e. The topological polar surface area (TPSA) is 40.5 Å². The predicted octanol–water partition coefficient (Wildman–Crippen LogP) is 5.07. The number of aryl methyl sites for hydroxylation is 2. The Bertz CT molecular complexity index is 620. The van der Waals surface area contributed by atoms with Gasteiger partial charge in [0.15, 0.2) is 0 Å². The first-order valence-corrected chi connectivity index (χ1v) is 7.84. The molecule has 2 N–H and O–H groups in total. The SMILES string of the molecule is Cc1cc(C(C)(CC(C)C)c2ccc(O)c(C)c2)ccc1O. The van der Waals surface area contributed by atoms with Gasteiger partial charge in [-0.05, 0) is 60.6 Å². The van der Waals surface area contributed by atoms with Gasteiger partial charge in [-0.25, -0.2) is 0 Å². The second-order valence-corrected chi connectivity index (χ2v) is 6.93. The van der Waals surface area contributed by atoms with Gasteiger partial charge in [0.2, 0.25) is 0 Å². The highest BCUT2D eigenvalue weighted by Crippen LogP contribution is 2.40. The first-order chi connectivity index (χ1) is 10.2. The van der Waals surface area contributed by atoms with Gasteiger partial charge in [0, 0.05) is 5.41 Å². The molecule has 0 spiro atoms. The van der Waals surface area contributed by atoms with E-state index in [4.69, 9.17) is 0 Å². The third-order valence-electron chi connectivity index (χ3n) is 4.48. The van der Waals surface area contributed by atoms with Crippen LogP contribution in [-0.2, 0) is 5.41 Å². The Morgan fingerprint density at radius 1 is 0.864 bits per heavy atom. The maximum Gasteiger partial charge on any atom is 0.118 e. The third-order valence-corrected chi connectivity index (χ3v) is 4.48. The van der Waals surface area contributed by atoms with E-state index in [1.165, 1.54) is 11.1 Å². The van der Waals surface area contributed by atoms with E-state index in [-0.39, 0.29) is 5.41 Å². The van der Waals surface area contributed by atoms with Crippen LogP contribution in [0.15, 0.2) is 36.4 Å². The lowest BCUT2D eigenvalue weighted by molar-refractivity contribution is 0.423. The van der Waals surface area contributed by atoms with E-state index in [0.29, 0.717) is 17.4 Å². The zero-order chi connectivity index (χ0) is 16.5. The summed E-state index contributed by atoms with van der Waals surface area (Å²) in [7, 11) is 0. The standard InChI is InChI=1S/C20H26O2/c1-13(2)12-20(5,16-6-8-18(21)14(3)10-16)17-7-9-19(22)15(4)11-17/h6-11,13,21-22H,12H2,1-5H3. The highest BCUT2D eigenvalue weighted by Gasteiger charge is 2.30. The number of rotatable bonds is 4. The van der Waals surface area contributed by atoms with Crippen LogP contribution in [0.4, 0.5) is 0 Å². The van der Waals surface area contributed by atoms with Crippen LogP contribution in [0.3, 0.4) is 0 Å². The first-order valence-electron chi connectivity index (χ1n) is 7.84. The molecule has 0 amide bonds. The largest absolute Gasteiger partial charge is 0.508 e. The minimum atomic E-state index is -0.148. The summed E-state index contributed by atoms with van der Waals surface area (Å²) in [6.07, 6.45) is 1.00. The molecule has 0 saturated heterocycles. The average Bonchev–Trinajstić information content (AvgIpc) is 2.43. The molecule has 22 heavy (non-hydrogen) atoms. The normalized spacial score (nSPS) is 11.9. The number of hydrogen-bond donors (Lipinski definition) is 2. The molecule has 0 aliphatic rings. The third kappa shape index (κ3) is 3.11. The molecule has 0 atom stereocenters. The summed E-state index contributed by atoms with van der Waals surface area (Å²) in [4.78, 5) is 0. The number of phenolic OH excluding ortho intramolecular Hbond substituents is 2. The van der Waals surface area contributed by atoms with Crippen molar-refractivity contribution in [3.8, 4) is 11.5 Å². The Labute approximate surface area is 133 Å². The van der Waals surface area contributed by atoms with Gasteiger partial charge in [0.05, 0.1) is 0 Å². The lowest BCUT2D eigenvalue weighted by Gasteiger charge is -2.33. The molecule has 2 aromatic rings. The maximum atomic E-state index is 9.81. The Hall–Kier alpha value is -1.96. The van der Waals surface area contributed by atoms with Crippen LogP contribution in [0, 0.1) is 19.8 Å². The summed E-state index contributed by atoms with van der Waals surface area (Å²) >= 11 is 0. The van der Waals surface area contributed by atoms with Gasteiger partial charge in [-0.2, -0.15) is 0 Å². The zero-order valence-corrected chi connectivity index (χ0v) is 14.1. The van der Waals surface area contributed by atoms with Crippen molar-refractivity contribution < 1.29 is 10.2 Å². The van der Waals surface area contributed by atoms with Crippen molar-refractivity contribution in [2.24, 2.45) is 5.92 Å². The van der Waals surface area contributed by atoms with Crippen molar-refractivity contribution in [2.75, 3.05) is 0 Å². The molecule has 2 nitrogen and oxygen atoms in total. The average molecular weight is 298 g/mol. The van der Waals surface area contributed by atoms with Crippen LogP contribution in [0.25, 0.3) is 0 Å². The number of aromatic hydroxyl groups is 2. The molecule has 0 fully saturated rings. The predicted molar refractivity (Wildman–Crippen MR) is 91.6 cm³/mol. The molecule has 2 rings (SSSR count). The minimum absolute atomic E-state index is 0.148. The van der Waals surface area contributed by atoms with Gasteiger partial charge in [-0.15, -0.1) is 0 Å². The van der Waals surface area contributed by atoms with Gasteiger partial charge in [-0.3, -0.25) is 0 Å². The maximum absolute atomic E-state index is 9.81. The van der Waals surface area contributed by atoms with E-state index in [0.717, 1.165) is 17.5 Å². The van der Waals surface area contributed by atoms with Crippen molar-refractivity contribution in [3.63, 3.8) is 0 Å². The molecule has 0 radical (unpaired) electrons. The Balaban J connectivity index is 2.60. The summed E-state index contributed by atoms with van der Waals surface area (Å²) in [6.45, 7) is 10.5. The summed E-state index contributed by atoms with van der Waals surface area (Å²) in [5.74, 6) is 1.20. The van der Waals surface area contributed by atoms with E-state index < -0.39 is 0 Å². The molecule has 0 heterocycles. The molecule has 0 unspecified atom stereocenters. The van der Waals surface area contributed by atoms with Gasteiger partial charge >= 0.3 is 0 Å². The highest BCUT2D eigenvalue weighted by atomic mass is 16.3. The summed E-state index contributed by atoms with van der Waals surface area (Å²) < 4.78 is 0. The van der Waals surface area contributed by atoms with Gasteiger partial charge in [-0.1, -0.05) is 45.0 Å². The molecule has 0 saturated carbocycles. The fraction of sp³-hybridized carbons (Fsp3) is 0.400. The molecular weight excluding hydrogens is 272 g/mol. The Morgan fingerprint density at radius 2 is 1.27 bits per heavy atom. The molecule has 0 aliphatic heterocycles. The lowest BCUT2D eigenvalue weighted by Crippen LogP contribution is -2.26. The Kier molecular flexibility index (Phi) is 4.50. The van der Waals surface area contributed by atoms with E-state index in [2.05, 4.69) is 32.9 Å². The van der Waals surface area contributed by atoms with E-state index >= 15 is 0 Å². The fourth-order valence-corrected chi connectivity index (χ4v) is 3.22. The molecular formula is C20H26O2. The van der Waals surface area contributed by atoms with Crippen LogP contribution in [0.2, 0.25) is 0 Å². The summed E-state index contributed by atoms with van der Waals surface area (Å²) in [5, 5.41) is 19.6. The van der Waals surface area contributed by atoms with E-state index in [1.807, 2.05) is 26.0 Å². The monoisotopic (exact) mass is 298 g/mol. The van der Waals surface area contributed by atoms with Crippen LogP contribution < -0.4 is 0 Å². The number of phenols is 2. The van der Waals surface area contributed by atoms with E-state index in [1.54, 1.807) is 12.1 Å². The van der Waals surface area contributed by atoms with Gasteiger partial charge in [0.1, 0.15) is 11.5 Å². The molecule has 0 aromatic heterocycles.